The monoisotopic (exact) mass is 194 g/mol. The van der Waals surface area contributed by atoms with Crippen LogP contribution in [-0.4, -0.2) is 26.5 Å². The van der Waals surface area contributed by atoms with Crippen molar-refractivity contribution in [1.82, 2.24) is 0 Å². The molecule has 0 spiro atoms. The van der Waals surface area contributed by atoms with Gasteiger partial charge in [0.2, 0.25) is 5.79 Å². The molecule has 1 aromatic rings. The van der Waals surface area contributed by atoms with Crippen molar-refractivity contribution < 1.29 is 20.4 Å². The normalized spacial score (nSPS) is 23.2. The molecule has 0 aliphatic heterocycles. The second-order valence-corrected chi connectivity index (χ2v) is 3.27. The van der Waals surface area contributed by atoms with Crippen LogP contribution in [0.25, 0.3) is 6.08 Å². The van der Waals surface area contributed by atoms with E-state index in [0.717, 1.165) is 0 Å². The Labute approximate surface area is 80.4 Å². The van der Waals surface area contributed by atoms with Crippen LogP contribution in [-0.2, 0) is 5.79 Å². The van der Waals surface area contributed by atoms with Crippen LogP contribution < -0.4 is 0 Å². The number of hydrogen-bond donors (Lipinski definition) is 4. The first-order chi connectivity index (χ1) is 6.53. The number of hydrogen-bond acceptors (Lipinski definition) is 4. The van der Waals surface area contributed by atoms with E-state index in [1.165, 1.54) is 30.4 Å². The van der Waals surface area contributed by atoms with Gasteiger partial charge < -0.3 is 20.4 Å². The van der Waals surface area contributed by atoms with E-state index in [4.69, 9.17) is 0 Å². The molecule has 4 nitrogen and oxygen atoms in total. The topological polar surface area (TPSA) is 80.9 Å². The molecule has 4 N–H and O–H groups in total. The Bertz CT molecular complexity index is 395. The van der Waals surface area contributed by atoms with Gasteiger partial charge in [0.05, 0.1) is 0 Å². The van der Waals surface area contributed by atoms with Gasteiger partial charge in [-0.3, -0.25) is 0 Å². The Morgan fingerprint density at radius 3 is 2.64 bits per heavy atom. The van der Waals surface area contributed by atoms with E-state index in [9.17, 15) is 20.4 Å². The fourth-order valence-corrected chi connectivity index (χ4v) is 1.53. The minimum atomic E-state index is -2.33. The second-order valence-electron chi connectivity index (χ2n) is 3.27. The van der Waals surface area contributed by atoms with Crippen molar-refractivity contribution >= 4 is 6.08 Å². The Kier molecular flexibility index (Phi) is 1.85. The molecule has 2 rings (SSSR count). The Morgan fingerprint density at radius 2 is 1.93 bits per heavy atom. The molecular formula is C10H10O4. The Morgan fingerprint density at radius 1 is 1.21 bits per heavy atom. The fourth-order valence-electron chi connectivity index (χ4n) is 1.53. The number of benzene rings is 1. The molecule has 1 unspecified atom stereocenters. The summed E-state index contributed by atoms with van der Waals surface area (Å²) in [6, 6.07) is 4.37. The number of aliphatic hydroxyl groups excluding tert-OH is 1. The first-order valence-electron chi connectivity index (χ1n) is 4.17. The third-order valence-corrected chi connectivity index (χ3v) is 2.34. The molecule has 1 aliphatic carbocycles. The maximum atomic E-state index is 9.56. The van der Waals surface area contributed by atoms with Gasteiger partial charge in [0, 0.05) is 11.1 Å². The van der Waals surface area contributed by atoms with Gasteiger partial charge in [0.1, 0.15) is 11.9 Å². The molecule has 74 valence electrons. The van der Waals surface area contributed by atoms with E-state index in [0.29, 0.717) is 5.56 Å². The predicted molar refractivity (Wildman–Crippen MR) is 49.3 cm³/mol. The molecule has 0 fully saturated rings. The van der Waals surface area contributed by atoms with Crippen molar-refractivity contribution in [2.45, 2.75) is 11.9 Å². The van der Waals surface area contributed by atoms with Crippen LogP contribution in [0.4, 0.5) is 0 Å². The molecule has 0 amide bonds. The fraction of sp³-hybridized carbons (Fsp3) is 0.200. The molecule has 0 radical (unpaired) electrons. The summed E-state index contributed by atoms with van der Waals surface area (Å²) in [6.45, 7) is 0. The largest absolute Gasteiger partial charge is 0.507 e. The maximum absolute atomic E-state index is 9.56. The smallest absolute Gasteiger partial charge is 0.221 e. The molecular weight excluding hydrogens is 184 g/mol. The van der Waals surface area contributed by atoms with Crippen LogP contribution >= 0.6 is 0 Å². The number of phenolic OH excluding ortho intramolecular Hbond substituents is 1. The van der Waals surface area contributed by atoms with Gasteiger partial charge in [-0.2, -0.15) is 0 Å². The zero-order valence-electron chi connectivity index (χ0n) is 7.25. The van der Waals surface area contributed by atoms with Crippen LogP contribution in [0.1, 0.15) is 11.1 Å². The summed E-state index contributed by atoms with van der Waals surface area (Å²) in [5, 5.41) is 37.9. The summed E-state index contributed by atoms with van der Waals surface area (Å²) in [4.78, 5) is 0. The van der Waals surface area contributed by atoms with Gasteiger partial charge in [-0.25, -0.2) is 0 Å². The standard InChI is InChI=1S/C10H10O4/c11-8-3-1-2-7-6(8)4-5-9(12)10(7,13)14/h1-5,9,11-14H. The van der Waals surface area contributed by atoms with Crippen LogP contribution in [0, 0.1) is 0 Å². The molecule has 4 heteroatoms. The van der Waals surface area contributed by atoms with E-state index in [1.807, 2.05) is 0 Å². The summed E-state index contributed by atoms with van der Waals surface area (Å²) in [5.74, 6) is -2.37. The highest BCUT2D eigenvalue weighted by molar-refractivity contribution is 5.65. The molecule has 0 saturated heterocycles. The number of aromatic hydroxyl groups is 1. The molecule has 0 aromatic heterocycles. The van der Waals surface area contributed by atoms with Gasteiger partial charge in [0.15, 0.2) is 0 Å². The van der Waals surface area contributed by atoms with Crippen molar-refractivity contribution in [1.29, 1.82) is 0 Å². The lowest BCUT2D eigenvalue weighted by atomic mass is 9.89. The first kappa shape index (κ1) is 9.21. The van der Waals surface area contributed by atoms with Crippen molar-refractivity contribution in [3.05, 3.63) is 35.4 Å². The lowest BCUT2D eigenvalue weighted by Gasteiger charge is -2.30. The molecule has 14 heavy (non-hydrogen) atoms. The van der Waals surface area contributed by atoms with Gasteiger partial charge in [-0.05, 0) is 12.1 Å². The maximum Gasteiger partial charge on any atom is 0.221 e. The van der Waals surface area contributed by atoms with E-state index < -0.39 is 11.9 Å². The van der Waals surface area contributed by atoms with E-state index in [-0.39, 0.29) is 11.3 Å². The van der Waals surface area contributed by atoms with Gasteiger partial charge in [0.25, 0.3) is 0 Å². The average Bonchev–Trinajstić information content (AvgIpc) is 2.13. The van der Waals surface area contributed by atoms with Crippen LogP contribution in [0.5, 0.6) is 5.75 Å². The highest BCUT2D eigenvalue weighted by atomic mass is 16.5. The number of aliphatic hydroxyl groups is 3. The number of rotatable bonds is 0. The van der Waals surface area contributed by atoms with Gasteiger partial charge in [-0.15, -0.1) is 0 Å². The molecule has 1 aliphatic rings. The van der Waals surface area contributed by atoms with Crippen molar-refractivity contribution in [3.63, 3.8) is 0 Å². The second kappa shape index (κ2) is 2.81. The Balaban J connectivity index is 2.67. The average molecular weight is 194 g/mol. The lowest BCUT2D eigenvalue weighted by Crippen LogP contribution is -2.40. The summed E-state index contributed by atoms with van der Waals surface area (Å²) < 4.78 is 0. The number of fused-ring (bicyclic) bond motifs is 1. The summed E-state index contributed by atoms with van der Waals surface area (Å²) >= 11 is 0. The van der Waals surface area contributed by atoms with E-state index in [2.05, 4.69) is 0 Å². The number of phenols is 1. The third kappa shape index (κ3) is 1.13. The molecule has 0 bridgehead atoms. The third-order valence-electron chi connectivity index (χ3n) is 2.34. The minimum Gasteiger partial charge on any atom is -0.507 e. The first-order valence-corrected chi connectivity index (χ1v) is 4.17. The minimum absolute atomic E-state index is 0.0434. The van der Waals surface area contributed by atoms with Crippen molar-refractivity contribution in [3.8, 4) is 5.75 Å². The summed E-state index contributed by atoms with van der Waals surface area (Å²) in [6.07, 6.45) is 1.30. The van der Waals surface area contributed by atoms with E-state index >= 15 is 0 Å². The van der Waals surface area contributed by atoms with Crippen molar-refractivity contribution in [2.24, 2.45) is 0 Å². The SMILES string of the molecule is Oc1cccc2c1C=CC(O)C2(O)O. The molecule has 1 atom stereocenters. The van der Waals surface area contributed by atoms with Crippen molar-refractivity contribution in [2.75, 3.05) is 0 Å². The zero-order valence-corrected chi connectivity index (χ0v) is 7.25. The summed E-state index contributed by atoms with van der Waals surface area (Å²) in [5.41, 5.74) is 0.426. The Hall–Kier alpha value is -1.36. The molecule has 0 heterocycles. The zero-order chi connectivity index (χ0) is 10.3. The molecule has 1 aromatic carbocycles. The van der Waals surface area contributed by atoms with Gasteiger partial charge in [-0.1, -0.05) is 18.2 Å². The molecule has 0 saturated carbocycles. The predicted octanol–water partition coefficient (Wildman–Crippen LogP) is -0.0827. The van der Waals surface area contributed by atoms with Crippen LogP contribution in [0.2, 0.25) is 0 Å². The lowest BCUT2D eigenvalue weighted by molar-refractivity contribution is -0.221. The van der Waals surface area contributed by atoms with E-state index in [1.54, 1.807) is 0 Å². The quantitative estimate of drug-likeness (QED) is 0.435. The summed E-state index contributed by atoms with van der Waals surface area (Å²) in [7, 11) is 0. The van der Waals surface area contributed by atoms with Gasteiger partial charge >= 0.3 is 0 Å². The van der Waals surface area contributed by atoms with Crippen LogP contribution in [0.15, 0.2) is 24.3 Å². The van der Waals surface area contributed by atoms with Crippen LogP contribution in [0.3, 0.4) is 0 Å². The highest BCUT2D eigenvalue weighted by Crippen LogP contribution is 2.35. The highest BCUT2D eigenvalue weighted by Gasteiger charge is 2.38.